The van der Waals surface area contributed by atoms with Crippen LogP contribution in [0.4, 0.5) is 0 Å². The lowest BCUT2D eigenvalue weighted by molar-refractivity contribution is -0.131. The Morgan fingerprint density at radius 2 is 1.86 bits per heavy atom. The van der Waals surface area contributed by atoms with Gasteiger partial charge in [0.1, 0.15) is 5.25 Å². The van der Waals surface area contributed by atoms with Crippen LogP contribution in [0.25, 0.3) is 0 Å². The van der Waals surface area contributed by atoms with Gasteiger partial charge in [0.05, 0.1) is 12.6 Å². The molecule has 0 radical (unpaired) electrons. The lowest BCUT2D eigenvalue weighted by Gasteiger charge is -2.25. The van der Waals surface area contributed by atoms with Crippen LogP contribution in [-0.4, -0.2) is 55.5 Å². The molecule has 0 spiro atoms. The Labute approximate surface area is 84.6 Å². The molecule has 5 nitrogen and oxygen atoms in total. The number of aliphatic hydroxyl groups excluding tert-OH is 1. The summed E-state index contributed by atoms with van der Waals surface area (Å²) in [6, 6.07) is -0.369. The molecule has 0 heterocycles. The molecular formula is C8H17NO4S. The van der Waals surface area contributed by atoms with Crippen LogP contribution in [0.15, 0.2) is 0 Å². The highest BCUT2D eigenvalue weighted by atomic mass is 32.2. The first-order valence-corrected chi connectivity index (χ1v) is 6.23. The fourth-order valence-electron chi connectivity index (χ4n) is 0.810. The van der Waals surface area contributed by atoms with Gasteiger partial charge in [-0.3, -0.25) is 4.79 Å². The molecule has 0 aromatic heterocycles. The Kier molecular flexibility index (Phi) is 4.54. The number of hydrogen-bond donors (Lipinski definition) is 1. The lowest BCUT2D eigenvalue weighted by atomic mass is 10.3. The maximum absolute atomic E-state index is 11.5. The average molecular weight is 223 g/mol. The number of likely N-dealkylation sites (N-methyl/N-ethyl adjacent to an activating group) is 1. The Balaban J connectivity index is 4.64. The molecule has 6 heteroatoms. The van der Waals surface area contributed by atoms with Gasteiger partial charge < -0.3 is 10.0 Å². The predicted molar refractivity (Wildman–Crippen MR) is 53.6 cm³/mol. The van der Waals surface area contributed by atoms with Crippen LogP contribution in [0.2, 0.25) is 0 Å². The summed E-state index contributed by atoms with van der Waals surface area (Å²) in [6.07, 6.45) is 1.02. The highest BCUT2D eigenvalue weighted by molar-refractivity contribution is 7.92. The third-order valence-corrected chi connectivity index (χ3v) is 3.75. The third kappa shape index (κ3) is 3.26. The summed E-state index contributed by atoms with van der Waals surface area (Å²) in [5.74, 6) is -0.492. The monoisotopic (exact) mass is 223 g/mol. The summed E-state index contributed by atoms with van der Waals surface area (Å²) in [5, 5.41) is 7.74. The van der Waals surface area contributed by atoms with Gasteiger partial charge >= 0.3 is 0 Å². The van der Waals surface area contributed by atoms with Crippen molar-refractivity contribution < 1.29 is 18.3 Å². The van der Waals surface area contributed by atoms with Crippen molar-refractivity contribution in [2.24, 2.45) is 0 Å². The highest BCUT2D eigenvalue weighted by Gasteiger charge is 2.28. The molecule has 1 amide bonds. The fraction of sp³-hybridized carbons (Fsp3) is 0.875. The second-order valence-electron chi connectivity index (χ2n) is 3.45. The van der Waals surface area contributed by atoms with Crippen molar-refractivity contribution >= 4 is 15.7 Å². The summed E-state index contributed by atoms with van der Waals surface area (Å²) >= 11 is 0. The molecule has 0 saturated carbocycles. The van der Waals surface area contributed by atoms with Crippen molar-refractivity contribution in [2.75, 3.05) is 19.9 Å². The zero-order valence-corrected chi connectivity index (χ0v) is 9.71. The van der Waals surface area contributed by atoms with E-state index in [-0.39, 0.29) is 12.6 Å². The molecule has 0 bridgehead atoms. The molecule has 14 heavy (non-hydrogen) atoms. The first-order valence-electron chi connectivity index (χ1n) is 4.28. The summed E-state index contributed by atoms with van der Waals surface area (Å²) < 4.78 is 22.2. The van der Waals surface area contributed by atoms with Crippen molar-refractivity contribution in [2.45, 2.75) is 25.1 Å². The average Bonchev–Trinajstić information content (AvgIpc) is 2.11. The van der Waals surface area contributed by atoms with E-state index in [1.165, 1.54) is 18.9 Å². The van der Waals surface area contributed by atoms with E-state index in [1.54, 1.807) is 6.92 Å². The predicted octanol–water partition coefficient (Wildman–Crippen LogP) is -0.741. The van der Waals surface area contributed by atoms with E-state index in [2.05, 4.69) is 0 Å². The van der Waals surface area contributed by atoms with Crippen molar-refractivity contribution in [3.05, 3.63) is 0 Å². The van der Waals surface area contributed by atoms with Crippen LogP contribution in [0, 0.1) is 0 Å². The van der Waals surface area contributed by atoms with E-state index >= 15 is 0 Å². The molecule has 0 rings (SSSR count). The van der Waals surface area contributed by atoms with Gasteiger partial charge in [0.2, 0.25) is 5.91 Å². The number of amides is 1. The van der Waals surface area contributed by atoms with Crippen LogP contribution >= 0.6 is 0 Å². The van der Waals surface area contributed by atoms with Crippen LogP contribution in [0.5, 0.6) is 0 Å². The molecule has 2 atom stereocenters. The number of sulfone groups is 1. The van der Waals surface area contributed by atoms with Gasteiger partial charge in [-0.1, -0.05) is 0 Å². The molecule has 0 aliphatic carbocycles. The van der Waals surface area contributed by atoms with Crippen molar-refractivity contribution in [1.29, 1.82) is 0 Å². The van der Waals surface area contributed by atoms with Crippen LogP contribution in [0.1, 0.15) is 13.8 Å². The largest absolute Gasteiger partial charge is 0.394 e. The Morgan fingerprint density at radius 3 is 2.14 bits per heavy atom. The highest BCUT2D eigenvalue weighted by Crippen LogP contribution is 2.05. The Bertz CT molecular complexity index is 298. The lowest BCUT2D eigenvalue weighted by Crippen LogP contribution is -2.44. The van der Waals surface area contributed by atoms with Gasteiger partial charge in [0, 0.05) is 13.3 Å². The quantitative estimate of drug-likeness (QED) is 0.681. The molecule has 0 aromatic carbocycles. The van der Waals surface area contributed by atoms with E-state index in [9.17, 15) is 13.2 Å². The Hall–Kier alpha value is -0.620. The van der Waals surface area contributed by atoms with E-state index in [4.69, 9.17) is 5.11 Å². The summed E-state index contributed by atoms with van der Waals surface area (Å²) in [4.78, 5) is 12.8. The maximum atomic E-state index is 11.5. The molecule has 0 fully saturated rings. The molecule has 0 aliphatic rings. The second-order valence-corrected chi connectivity index (χ2v) is 5.82. The molecule has 84 valence electrons. The normalized spacial score (nSPS) is 16.1. The topological polar surface area (TPSA) is 74.7 Å². The van der Waals surface area contributed by atoms with Crippen molar-refractivity contribution in [1.82, 2.24) is 4.90 Å². The minimum absolute atomic E-state index is 0.182. The van der Waals surface area contributed by atoms with E-state index in [0.717, 1.165) is 6.26 Å². The zero-order valence-electron chi connectivity index (χ0n) is 8.89. The number of carbonyl (C=O) groups excluding carboxylic acids is 1. The maximum Gasteiger partial charge on any atom is 0.240 e. The molecule has 1 N–H and O–H groups in total. The number of rotatable bonds is 4. The minimum atomic E-state index is -3.36. The van der Waals surface area contributed by atoms with E-state index in [0.29, 0.717) is 0 Å². The van der Waals surface area contributed by atoms with Gasteiger partial charge in [0.25, 0.3) is 0 Å². The van der Waals surface area contributed by atoms with Crippen LogP contribution < -0.4 is 0 Å². The first kappa shape index (κ1) is 13.4. The number of carbonyl (C=O) groups is 1. The summed E-state index contributed by atoms with van der Waals surface area (Å²) in [6.45, 7) is 2.81. The minimum Gasteiger partial charge on any atom is -0.394 e. The van der Waals surface area contributed by atoms with E-state index in [1.807, 2.05) is 0 Å². The van der Waals surface area contributed by atoms with Gasteiger partial charge in [-0.15, -0.1) is 0 Å². The molecule has 0 saturated heterocycles. The van der Waals surface area contributed by atoms with Crippen molar-refractivity contribution in [3.63, 3.8) is 0 Å². The number of hydrogen-bond acceptors (Lipinski definition) is 4. The third-order valence-electron chi connectivity index (χ3n) is 2.26. The van der Waals surface area contributed by atoms with Gasteiger partial charge in [-0.25, -0.2) is 8.42 Å². The van der Waals surface area contributed by atoms with E-state index < -0.39 is 21.0 Å². The van der Waals surface area contributed by atoms with Gasteiger partial charge in [0.15, 0.2) is 9.84 Å². The van der Waals surface area contributed by atoms with Crippen molar-refractivity contribution in [3.8, 4) is 0 Å². The standard InChI is InChI=1S/C8H17NO4S/c1-6(5-10)9(3)8(11)7(2)14(4,12)13/h6-7,10H,5H2,1-4H3. The SMILES string of the molecule is CC(CO)N(C)C(=O)C(C)S(C)(=O)=O. The fourth-order valence-corrected chi connectivity index (χ4v) is 1.34. The Morgan fingerprint density at radius 1 is 1.43 bits per heavy atom. The van der Waals surface area contributed by atoms with Crippen LogP contribution in [0.3, 0.4) is 0 Å². The van der Waals surface area contributed by atoms with Crippen LogP contribution in [-0.2, 0) is 14.6 Å². The number of nitrogens with zero attached hydrogens (tertiary/aromatic N) is 1. The molecule has 0 aliphatic heterocycles. The molecule has 0 aromatic rings. The summed E-state index contributed by atoms with van der Waals surface area (Å²) in [5.41, 5.74) is 0. The van der Waals surface area contributed by atoms with Gasteiger partial charge in [-0.05, 0) is 13.8 Å². The zero-order chi connectivity index (χ0) is 11.5. The number of aliphatic hydroxyl groups is 1. The smallest absolute Gasteiger partial charge is 0.240 e. The first-order chi connectivity index (χ1) is 6.21. The molecule has 2 unspecified atom stereocenters. The van der Waals surface area contributed by atoms with Gasteiger partial charge in [-0.2, -0.15) is 0 Å². The molecular weight excluding hydrogens is 206 g/mol. The second kappa shape index (κ2) is 4.75. The summed E-state index contributed by atoms with van der Waals surface area (Å²) in [7, 11) is -1.88.